The SMILES string of the molecule is CC(F)(F)c1cc2c(cc1CC1CCNCC1)OCCO2. The zero-order valence-electron chi connectivity index (χ0n) is 12.3. The van der Waals surface area contributed by atoms with Gasteiger partial charge in [-0.05, 0) is 56.0 Å². The Morgan fingerprint density at radius 2 is 1.76 bits per heavy atom. The number of hydrogen-bond donors (Lipinski definition) is 1. The highest BCUT2D eigenvalue weighted by Crippen LogP contribution is 2.40. The average Bonchev–Trinajstić information content (AvgIpc) is 2.46. The number of alkyl halides is 2. The predicted octanol–water partition coefficient (Wildman–Crippen LogP) is 3.11. The topological polar surface area (TPSA) is 30.5 Å². The summed E-state index contributed by atoms with van der Waals surface area (Å²) in [4.78, 5) is 0. The van der Waals surface area contributed by atoms with E-state index in [1.165, 1.54) is 6.07 Å². The second-order valence-corrected chi connectivity index (χ2v) is 5.94. The van der Waals surface area contributed by atoms with Gasteiger partial charge in [0.1, 0.15) is 13.2 Å². The van der Waals surface area contributed by atoms with Crippen LogP contribution in [-0.2, 0) is 12.3 Å². The van der Waals surface area contributed by atoms with Crippen LogP contribution in [-0.4, -0.2) is 26.3 Å². The molecule has 116 valence electrons. The molecular formula is C16H21F2NO2. The molecule has 1 fully saturated rings. The Labute approximate surface area is 123 Å². The molecule has 1 N–H and O–H groups in total. The molecule has 1 saturated heterocycles. The second kappa shape index (κ2) is 5.79. The minimum absolute atomic E-state index is 0.0743. The van der Waals surface area contributed by atoms with Crippen LogP contribution in [0, 0.1) is 5.92 Å². The summed E-state index contributed by atoms with van der Waals surface area (Å²) in [6.45, 7) is 3.77. The van der Waals surface area contributed by atoms with Crippen LogP contribution < -0.4 is 14.8 Å². The van der Waals surface area contributed by atoms with Crippen LogP contribution in [0.25, 0.3) is 0 Å². The summed E-state index contributed by atoms with van der Waals surface area (Å²) in [5.41, 5.74) is 0.768. The molecule has 3 rings (SSSR count). The van der Waals surface area contributed by atoms with Crippen molar-refractivity contribution in [2.24, 2.45) is 5.92 Å². The second-order valence-electron chi connectivity index (χ2n) is 5.94. The van der Waals surface area contributed by atoms with Crippen LogP contribution in [0.5, 0.6) is 11.5 Å². The Hall–Kier alpha value is -1.36. The van der Waals surface area contributed by atoms with Gasteiger partial charge >= 0.3 is 0 Å². The Morgan fingerprint density at radius 1 is 1.14 bits per heavy atom. The Kier molecular flexibility index (Phi) is 4.02. The maximum absolute atomic E-state index is 13.9. The zero-order valence-corrected chi connectivity index (χ0v) is 12.3. The van der Waals surface area contributed by atoms with Crippen molar-refractivity contribution in [3.8, 4) is 11.5 Å². The van der Waals surface area contributed by atoms with E-state index in [2.05, 4.69) is 5.32 Å². The molecule has 2 aliphatic rings. The Bertz CT molecular complexity index is 508. The fraction of sp³-hybridized carbons (Fsp3) is 0.625. The normalized spacial score (nSPS) is 19.6. The molecule has 2 aliphatic heterocycles. The predicted molar refractivity (Wildman–Crippen MR) is 76.3 cm³/mol. The molecule has 1 aromatic carbocycles. The summed E-state index contributed by atoms with van der Waals surface area (Å²) < 4.78 is 38.8. The number of halogens is 2. The number of nitrogens with one attached hydrogen (secondary N) is 1. The van der Waals surface area contributed by atoms with Gasteiger partial charge in [-0.15, -0.1) is 0 Å². The van der Waals surface area contributed by atoms with Gasteiger partial charge in [-0.25, -0.2) is 8.78 Å². The lowest BCUT2D eigenvalue weighted by molar-refractivity contribution is 0.0157. The van der Waals surface area contributed by atoms with E-state index in [1.807, 2.05) is 0 Å². The number of rotatable bonds is 3. The lowest BCUT2D eigenvalue weighted by atomic mass is 9.87. The average molecular weight is 297 g/mol. The third-order valence-electron chi connectivity index (χ3n) is 4.21. The molecule has 21 heavy (non-hydrogen) atoms. The van der Waals surface area contributed by atoms with Crippen molar-refractivity contribution in [2.45, 2.75) is 32.1 Å². The van der Waals surface area contributed by atoms with E-state index in [0.717, 1.165) is 32.9 Å². The Balaban J connectivity index is 1.92. The van der Waals surface area contributed by atoms with E-state index in [0.29, 0.717) is 42.6 Å². The summed E-state index contributed by atoms with van der Waals surface area (Å²) in [7, 11) is 0. The molecule has 1 aromatic rings. The van der Waals surface area contributed by atoms with Crippen molar-refractivity contribution < 1.29 is 18.3 Å². The molecular weight excluding hydrogens is 276 g/mol. The number of benzene rings is 1. The number of fused-ring (bicyclic) bond motifs is 1. The van der Waals surface area contributed by atoms with E-state index >= 15 is 0 Å². The fourth-order valence-electron chi connectivity index (χ4n) is 3.11. The summed E-state index contributed by atoms with van der Waals surface area (Å²) >= 11 is 0. The van der Waals surface area contributed by atoms with Gasteiger partial charge < -0.3 is 14.8 Å². The van der Waals surface area contributed by atoms with Gasteiger partial charge in [0.15, 0.2) is 11.5 Å². The summed E-state index contributed by atoms with van der Waals surface area (Å²) in [6, 6.07) is 3.22. The smallest absolute Gasteiger partial charge is 0.270 e. The molecule has 0 unspecified atom stereocenters. The van der Waals surface area contributed by atoms with Gasteiger partial charge in [0, 0.05) is 12.5 Å². The molecule has 0 aromatic heterocycles. The molecule has 0 spiro atoms. The van der Waals surface area contributed by atoms with Crippen molar-refractivity contribution in [3.05, 3.63) is 23.3 Å². The van der Waals surface area contributed by atoms with E-state index in [4.69, 9.17) is 9.47 Å². The van der Waals surface area contributed by atoms with E-state index in [1.54, 1.807) is 6.07 Å². The lowest BCUT2D eigenvalue weighted by Gasteiger charge is -2.27. The van der Waals surface area contributed by atoms with E-state index < -0.39 is 5.92 Å². The quantitative estimate of drug-likeness (QED) is 0.930. The number of ether oxygens (including phenoxy) is 2. The van der Waals surface area contributed by atoms with Crippen LogP contribution in [0.2, 0.25) is 0 Å². The minimum Gasteiger partial charge on any atom is -0.486 e. The van der Waals surface area contributed by atoms with Gasteiger partial charge in [-0.2, -0.15) is 0 Å². The highest BCUT2D eigenvalue weighted by molar-refractivity contribution is 5.49. The summed E-state index contributed by atoms with van der Waals surface area (Å²) in [6.07, 6.45) is 2.74. The van der Waals surface area contributed by atoms with Crippen LogP contribution in [0.1, 0.15) is 30.9 Å². The van der Waals surface area contributed by atoms with Gasteiger partial charge in [-0.1, -0.05) is 0 Å². The first-order valence-corrected chi connectivity index (χ1v) is 7.55. The van der Waals surface area contributed by atoms with Crippen LogP contribution in [0.3, 0.4) is 0 Å². The van der Waals surface area contributed by atoms with Crippen molar-refractivity contribution >= 4 is 0 Å². The maximum Gasteiger partial charge on any atom is 0.270 e. The third kappa shape index (κ3) is 3.28. The Morgan fingerprint density at radius 3 is 2.38 bits per heavy atom. The van der Waals surface area contributed by atoms with Crippen LogP contribution >= 0.6 is 0 Å². The summed E-state index contributed by atoms with van der Waals surface area (Å²) in [5.74, 6) is -1.38. The van der Waals surface area contributed by atoms with Gasteiger partial charge in [0.25, 0.3) is 5.92 Å². The molecule has 0 radical (unpaired) electrons. The minimum atomic E-state index is -2.86. The molecule has 3 nitrogen and oxygen atoms in total. The zero-order chi connectivity index (χ0) is 14.9. The van der Waals surface area contributed by atoms with E-state index in [9.17, 15) is 8.78 Å². The maximum atomic E-state index is 13.9. The van der Waals surface area contributed by atoms with Crippen molar-refractivity contribution in [1.29, 1.82) is 0 Å². The molecule has 0 aliphatic carbocycles. The van der Waals surface area contributed by atoms with Crippen molar-refractivity contribution in [1.82, 2.24) is 5.32 Å². The standard InChI is InChI=1S/C16H21F2NO2/c1-16(17,18)13-10-15-14(20-6-7-21-15)9-12(13)8-11-2-4-19-5-3-11/h9-11,19H,2-8H2,1H3. The largest absolute Gasteiger partial charge is 0.486 e. The molecule has 0 saturated carbocycles. The highest BCUT2D eigenvalue weighted by atomic mass is 19.3. The molecule has 5 heteroatoms. The van der Waals surface area contributed by atoms with Crippen molar-refractivity contribution in [3.63, 3.8) is 0 Å². The van der Waals surface area contributed by atoms with Crippen LogP contribution in [0.15, 0.2) is 12.1 Å². The van der Waals surface area contributed by atoms with Gasteiger partial charge in [0.05, 0.1) is 0 Å². The van der Waals surface area contributed by atoms with E-state index in [-0.39, 0.29) is 5.56 Å². The first-order chi connectivity index (χ1) is 10.0. The first kappa shape index (κ1) is 14.6. The molecule has 2 heterocycles. The van der Waals surface area contributed by atoms with Crippen molar-refractivity contribution in [2.75, 3.05) is 26.3 Å². The van der Waals surface area contributed by atoms with Crippen LogP contribution in [0.4, 0.5) is 8.78 Å². The monoisotopic (exact) mass is 297 g/mol. The lowest BCUT2D eigenvalue weighted by Crippen LogP contribution is -2.29. The van der Waals surface area contributed by atoms with Gasteiger partial charge in [-0.3, -0.25) is 0 Å². The summed E-state index contributed by atoms with van der Waals surface area (Å²) in [5, 5.41) is 3.30. The fourth-order valence-corrected chi connectivity index (χ4v) is 3.11. The first-order valence-electron chi connectivity index (χ1n) is 7.55. The molecule has 0 amide bonds. The van der Waals surface area contributed by atoms with Gasteiger partial charge in [0.2, 0.25) is 0 Å². The molecule has 0 bridgehead atoms. The number of hydrogen-bond acceptors (Lipinski definition) is 3. The third-order valence-corrected chi connectivity index (χ3v) is 4.21. The highest BCUT2D eigenvalue weighted by Gasteiger charge is 2.31. The number of piperidine rings is 1. The molecule has 0 atom stereocenters.